The molecule has 4 N–H and O–H groups in total. The van der Waals surface area contributed by atoms with Crippen LogP contribution in [0.2, 0.25) is 0 Å². The van der Waals surface area contributed by atoms with E-state index in [-0.39, 0.29) is 23.1 Å². The molecule has 178 valence electrons. The van der Waals surface area contributed by atoms with Gasteiger partial charge in [0.25, 0.3) is 5.91 Å². The van der Waals surface area contributed by atoms with E-state index >= 15 is 0 Å². The second-order valence-corrected chi connectivity index (χ2v) is 9.80. The van der Waals surface area contributed by atoms with Crippen molar-refractivity contribution in [3.8, 4) is 0 Å². The summed E-state index contributed by atoms with van der Waals surface area (Å²) in [7, 11) is -3.76. The number of halogens is 1. The van der Waals surface area contributed by atoms with Gasteiger partial charge in [-0.3, -0.25) is 14.4 Å². The van der Waals surface area contributed by atoms with Gasteiger partial charge in [0.05, 0.1) is 10.6 Å². The number of benzene rings is 2. The van der Waals surface area contributed by atoms with E-state index in [1.807, 2.05) is 0 Å². The topological polar surface area (TPSA) is 145 Å². The minimum atomic E-state index is -3.76. The Balaban J connectivity index is 1.63. The highest BCUT2D eigenvalue weighted by Crippen LogP contribution is 2.14. The lowest BCUT2D eigenvalue weighted by Gasteiger charge is -2.12. The number of esters is 1. The number of hydrogen-bond donors (Lipinski definition) is 3. The number of anilines is 1. The minimum absolute atomic E-state index is 0.00197. The number of sulfonamides is 1. The first-order valence-electron chi connectivity index (χ1n) is 9.76. The number of nitrogens with one attached hydrogen (secondary N) is 2. The highest BCUT2D eigenvalue weighted by atomic mass is 32.2. The molecule has 0 fully saturated rings. The Hall–Kier alpha value is -2.96. The number of ether oxygens (including phenoxy) is 1. The van der Waals surface area contributed by atoms with Crippen molar-refractivity contribution in [2.75, 3.05) is 24.2 Å². The SMILES string of the molecule is C[C@H](SCC(=O)Nc1ccc(F)cc1)C(=O)OCC(=O)NCCc1ccc(S(N)(=O)=O)cc1. The summed E-state index contributed by atoms with van der Waals surface area (Å²) in [5.74, 6) is -1.92. The zero-order chi connectivity index (χ0) is 24.4. The minimum Gasteiger partial charge on any atom is -0.455 e. The zero-order valence-electron chi connectivity index (χ0n) is 17.7. The molecule has 0 aliphatic rings. The fraction of sp³-hybridized carbons (Fsp3) is 0.286. The van der Waals surface area contributed by atoms with Crippen LogP contribution in [-0.4, -0.2) is 50.4 Å². The largest absolute Gasteiger partial charge is 0.455 e. The Kier molecular flexibility index (Phi) is 9.82. The third-order valence-electron chi connectivity index (χ3n) is 4.26. The fourth-order valence-electron chi connectivity index (χ4n) is 2.50. The number of thioether (sulfide) groups is 1. The van der Waals surface area contributed by atoms with Crippen molar-refractivity contribution in [1.82, 2.24) is 5.32 Å². The van der Waals surface area contributed by atoms with Crippen LogP contribution in [0, 0.1) is 5.82 Å². The molecule has 2 aromatic rings. The van der Waals surface area contributed by atoms with Gasteiger partial charge in [-0.05, 0) is 55.3 Å². The van der Waals surface area contributed by atoms with Crippen LogP contribution in [0.4, 0.5) is 10.1 Å². The molecule has 0 saturated heterocycles. The number of hydrogen-bond acceptors (Lipinski definition) is 7. The lowest BCUT2D eigenvalue weighted by Crippen LogP contribution is -2.32. The Morgan fingerprint density at radius 2 is 1.70 bits per heavy atom. The molecule has 0 unspecified atom stereocenters. The summed E-state index contributed by atoms with van der Waals surface area (Å²) in [6, 6.07) is 11.2. The van der Waals surface area contributed by atoms with Gasteiger partial charge in [-0.2, -0.15) is 0 Å². The van der Waals surface area contributed by atoms with Gasteiger partial charge in [0.1, 0.15) is 11.1 Å². The molecular formula is C21H24FN3O6S2. The van der Waals surface area contributed by atoms with Crippen molar-refractivity contribution in [1.29, 1.82) is 0 Å². The van der Waals surface area contributed by atoms with Crippen LogP contribution in [0.3, 0.4) is 0 Å². The monoisotopic (exact) mass is 497 g/mol. The molecule has 0 radical (unpaired) electrons. The lowest BCUT2D eigenvalue weighted by atomic mass is 10.1. The number of carbonyl (C=O) groups is 3. The maximum Gasteiger partial charge on any atom is 0.319 e. The number of carbonyl (C=O) groups excluding carboxylic acids is 3. The summed E-state index contributed by atoms with van der Waals surface area (Å²) in [6.45, 7) is 1.36. The highest BCUT2D eigenvalue weighted by molar-refractivity contribution is 8.01. The van der Waals surface area contributed by atoms with Crippen LogP contribution in [0.1, 0.15) is 12.5 Å². The number of rotatable bonds is 11. The van der Waals surface area contributed by atoms with E-state index in [1.54, 1.807) is 19.1 Å². The number of amides is 2. The van der Waals surface area contributed by atoms with E-state index in [4.69, 9.17) is 9.88 Å². The van der Waals surface area contributed by atoms with Gasteiger partial charge in [-0.15, -0.1) is 11.8 Å². The molecule has 2 rings (SSSR count). The molecule has 1 atom stereocenters. The number of nitrogens with two attached hydrogens (primary N) is 1. The summed E-state index contributed by atoms with van der Waals surface area (Å²) in [5.41, 5.74) is 1.23. The number of primary sulfonamides is 1. The summed E-state index contributed by atoms with van der Waals surface area (Å²) in [5, 5.41) is 9.54. The van der Waals surface area contributed by atoms with Crippen molar-refractivity contribution >= 4 is 45.3 Å². The van der Waals surface area contributed by atoms with Crippen LogP contribution >= 0.6 is 11.8 Å². The Morgan fingerprint density at radius 1 is 1.06 bits per heavy atom. The summed E-state index contributed by atoms with van der Waals surface area (Å²) in [4.78, 5) is 35.8. The summed E-state index contributed by atoms with van der Waals surface area (Å²) < 4.78 is 40.3. The predicted molar refractivity (Wildman–Crippen MR) is 122 cm³/mol. The molecule has 12 heteroatoms. The van der Waals surface area contributed by atoms with Gasteiger partial charge in [0, 0.05) is 12.2 Å². The molecule has 0 heterocycles. The maximum atomic E-state index is 12.9. The van der Waals surface area contributed by atoms with Crippen molar-refractivity contribution in [2.24, 2.45) is 5.14 Å². The molecule has 2 aromatic carbocycles. The van der Waals surface area contributed by atoms with Gasteiger partial charge in [0.2, 0.25) is 15.9 Å². The van der Waals surface area contributed by atoms with E-state index in [0.29, 0.717) is 12.1 Å². The molecule has 0 bridgehead atoms. The molecule has 33 heavy (non-hydrogen) atoms. The second-order valence-electron chi connectivity index (χ2n) is 6.90. The Morgan fingerprint density at radius 3 is 2.30 bits per heavy atom. The highest BCUT2D eigenvalue weighted by Gasteiger charge is 2.18. The van der Waals surface area contributed by atoms with Crippen molar-refractivity contribution in [3.05, 3.63) is 59.9 Å². The van der Waals surface area contributed by atoms with Gasteiger partial charge >= 0.3 is 5.97 Å². The normalized spacial score (nSPS) is 12.0. The average molecular weight is 498 g/mol. The Bertz CT molecular complexity index is 1080. The molecule has 0 saturated carbocycles. The predicted octanol–water partition coefficient (Wildman–Crippen LogP) is 1.44. The summed E-state index contributed by atoms with van der Waals surface area (Å²) >= 11 is 1.04. The van der Waals surface area contributed by atoms with Crippen LogP contribution in [0.5, 0.6) is 0 Å². The lowest BCUT2D eigenvalue weighted by molar-refractivity contribution is -0.147. The zero-order valence-corrected chi connectivity index (χ0v) is 19.4. The first-order chi connectivity index (χ1) is 15.5. The standard InChI is InChI=1S/C21H24FN3O6S2/c1-14(32-13-20(27)25-17-6-4-16(22)5-7-17)21(28)31-12-19(26)24-11-10-15-2-8-18(9-3-15)33(23,29)30/h2-9,14H,10-13H2,1H3,(H,24,26)(H,25,27)(H2,23,29,30)/t14-/m0/s1. The van der Waals surface area contributed by atoms with Crippen molar-refractivity contribution in [3.63, 3.8) is 0 Å². The van der Waals surface area contributed by atoms with Gasteiger partial charge in [-0.1, -0.05) is 12.1 Å². The van der Waals surface area contributed by atoms with E-state index < -0.39 is 39.6 Å². The van der Waals surface area contributed by atoms with Crippen molar-refractivity contribution in [2.45, 2.75) is 23.5 Å². The van der Waals surface area contributed by atoms with E-state index in [2.05, 4.69) is 10.6 Å². The summed E-state index contributed by atoms with van der Waals surface area (Å²) in [6.07, 6.45) is 0.444. The van der Waals surface area contributed by atoms with Crippen LogP contribution in [0.15, 0.2) is 53.4 Å². The molecule has 0 aliphatic heterocycles. The molecule has 0 spiro atoms. The fourth-order valence-corrected chi connectivity index (χ4v) is 3.69. The first-order valence-corrected chi connectivity index (χ1v) is 12.4. The van der Waals surface area contributed by atoms with E-state index in [9.17, 15) is 27.2 Å². The quantitative estimate of drug-likeness (QED) is 0.398. The third kappa shape index (κ3) is 9.60. The molecule has 0 aromatic heterocycles. The first kappa shape index (κ1) is 26.3. The van der Waals surface area contributed by atoms with Crippen LogP contribution < -0.4 is 15.8 Å². The van der Waals surface area contributed by atoms with Crippen LogP contribution in [0.25, 0.3) is 0 Å². The second kappa shape index (κ2) is 12.3. The Labute approximate surface area is 195 Å². The molecule has 9 nitrogen and oxygen atoms in total. The smallest absolute Gasteiger partial charge is 0.319 e. The molecular weight excluding hydrogens is 473 g/mol. The van der Waals surface area contributed by atoms with E-state index in [0.717, 1.165) is 17.3 Å². The van der Waals surface area contributed by atoms with E-state index in [1.165, 1.54) is 36.4 Å². The average Bonchev–Trinajstić information content (AvgIpc) is 2.77. The van der Waals surface area contributed by atoms with Gasteiger partial charge in [-0.25, -0.2) is 17.9 Å². The van der Waals surface area contributed by atoms with Crippen LogP contribution in [-0.2, 0) is 35.6 Å². The molecule has 2 amide bonds. The maximum absolute atomic E-state index is 12.9. The molecule has 0 aliphatic carbocycles. The third-order valence-corrected chi connectivity index (χ3v) is 6.31. The van der Waals surface area contributed by atoms with Gasteiger partial charge < -0.3 is 15.4 Å². The van der Waals surface area contributed by atoms with Crippen molar-refractivity contribution < 1.29 is 31.9 Å². The van der Waals surface area contributed by atoms with Gasteiger partial charge in [0.15, 0.2) is 6.61 Å².